The van der Waals surface area contributed by atoms with Gasteiger partial charge < -0.3 is 16.4 Å². The molecule has 3 amide bonds. The minimum Gasteiger partial charge on any atom is -0.354 e. The molecule has 0 heterocycles. The van der Waals surface area contributed by atoms with Crippen molar-refractivity contribution in [1.29, 1.82) is 0 Å². The van der Waals surface area contributed by atoms with Gasteiger partial charge in [-0.2, -0.15) is 0 Å². The highest BCUT2D eigenvalue weighted by molar-refractivity contribution is 6.35. The van der Waals surface area contributed by atoms with E-state index >= 15 is 0 Å². The van der Waals surface area contributed by atoms with Crippen molar-refractivity contribution in [3.63, 3.8) is 0 Å². The van der Waals surface area contributed by atoms with Gasteiger partial charge in [0, 0.05) is 16.6 Å². The van der Waals surface area contributed by atoms with Gasteiger partial charge in [0.15, 0.2) is 0 Å². The van der Waals surface area contributed by atoms with Gasteiger partial charge in [-0.25, -0.2) is 4.79 Å². The van der Waals surface area contributed by atoms with Crippen molar-refractivity contribution >= 4 is 35.1 Å². The number of benzene rings is 1. The predicted octanol–water partition coefficient (Wildman–Crippen LogP) is 2.74. The molecule has 0 spiro atoms. The second-order valence-electron chi connectivity index (χ2n) is 5.15. The van der Waals surface area contributed by atoms with Crippen LogP contribution in [-0.4, -0.2) is 24.5 Å². The maximum Gasteiger partial charge on any atom is 0.312 e. The van der Waals surface area contributed by atoms with Crippen LogP contribution in [0.4, 0.5) is 4.79 Å². The monoisotopic (exact) mass is 345 g/mol. The van der Waals surface area contributed by atoms with Crippen LogP contribution in [0.3, 0.4) is 0 Å². The molecule has 1 rings (SSSR count). The maximum absolute atomic E-state index is 12.2. The van der Waals surface area contributed by atoms with Crippen LogP contribution in [-0.2, 0) is 11.2 Å². The maximum atomic E-state index is 12.2. The Balaban J connectivity index is 2.57. The molecular formula is C15H21Cl2N3O2. The van der Waals surface area contributed by atoms with E-state index in [1.807, 2.05) is 19.9 Å². The molecule has 0 fully saturated rings. The Labute approximate surface area is 140 Å². The Kier molecular flexibility index (Phi) is 7.48. The van der Waals surface area contributed by atoms with E-state index in [-0.39, 0.29) is 11.8 Å². The lowest BCUT2D eigenvalue weighted by Crippen LogP contribution is -2.52. The number of primary amides is 1. The number of amides is 3. The van der Waals surface area contributed by atoms with Gasteiger partial charge in [0.2, 0.25) is 5.91 Å². The molecule has 1 aromatic carbocycles. The molecule has 0 aliphatic rings. The van der Waals surface area contributed by atoms with Gasteiger partial charge in [0.1, 0.15) is 6.04 Å². The van der Waals surface area contributed by atoms with E-state index < -0.39 is 12.1 Å². The van der Waals surface area contributed by atoms with Gasteiger partial charge in [-0.1, -0.05) is 49.5 Å². The molecule has 7 heteroatoms. The SMILES string of the molecule is CC[C@@H](C)[C@@H](NC(N)=O)C(=O)NCCc1ccc(Cl)cc1Cl. The molecular weight excluding hydrogens is 325 g/mol. The van der Waals surface area contributed by atoms with E-state index in [4.69, 9.17) is 28.9 Å². The Morgan fingerprint density at radius 2 is 2.00 bits per heavy atom. The minimum absolute atomic E-state index is 0.00776. The summed E-state index contributed by atoms with van der Waals surface area (Å²) >= 11 is 11.9. The average molecular weight is 346 g/mol. The summed E-state index contributed by atoms with van der Waals surface area (Å²) in [7, 11) is 0. The van der Waals surface area contributed by atoms with Gasteiger partial charge in [-0.05, 0) is 30.0 Å². The topological polar surface area (TPSA) is 84.2 Å². The molecule has 0 saturated carbocycles. The van der Waals surface area contributed by atoms with Crippen LogP contribution < -0.4 is 16.4 Å². The number of halogens is 2. The Hall–Kier alpha value is -1.46. The fourth-order valence-electron chi connectivity index (χ4n) is 2.01. The fraction of sp³-hybridized carbons (Fsp3) is 0.467. The lowest BCUT2D eigenvalue weighted by atomic mass is 9.98. The third kappa shape index (κ3) is 5.73. The summed E-state index contributed by atoms with van der Waals surface area (Å²) in [6.45, 7) is 4.24. The number of rotatable bonds is 7. The summed E-state index contributed by atoms with van der Waals surface area (Å²) in [5.74, 6) is -0.259. The highest BCUT2D eigenvalue weighted by Gasteiger charge is 2.24. The highest BCUT2D eigenvalue weighted by Crippen LogP contribution is 2.21. The molecule has 0 aliphatic carbocycles. The van der Waals surface area contributed by atoms with Crippen molar-refractivity contribution in [2.75, 3.05) is 6.54 Å². The Morgan fingerprint density at radius 1 is 1.32 bits per heavy atom. The fourth-order valence-corrected chi connectivity index (χ4v) is 2.51. The summed E-state index contributed by atoms with van der Waals surface area (Å²) in [5, 5.41) is 6.41. The molecule has 4 N–H and O–H groups in total. The van der Waals surface area contributed by atoms with E-state index in [2.05, 4.69) is 10.6 Å². The molecule has 0 aromatic heterocycles. The molecule has 0 aliphatic heterocycles. The van der Waals surface area contributed by atoms with Crippen LogP contribution in [0.5, 0.6) is 0 Å². The molecule has 122 valence electrons. The summed E-state index contributed by atoms with van der Waals surface area (Å²) < 4.78 is 0. The third-order valence-corrected chi connectivity index (χ3v) is 4.09. The van der Waals surface area contributed by atoms with Crippen LogP contribution in [0.15, 0.2) is 18.2 Å². The highest BCUT2D eigenvalue weighted by atomic mass is 35.5. The molecule has 1 aromatic rings. The summed E-state index contributed by atoms with van der Waals surface area (Å²) in [5.41, 5.74) is 6.01. The Bertz CT molecular complexity index is 538. The van der Waals surface area contributed by atoms with E-state index in [0.29, 0.717) is 23.0 Å². The number of hydrogen-bond acceptors (Lipinski definition) is 2. The number of carbonyl (C=O) groups excluding carboxylic acids is 2. The van der Waals surface area contributed by atoms with Gasteiger partial charge >= 0.3 is 6.03 Å². The van der Waals surface area contributed by atoms with Crippen molar-refractivity contribution in [1.82, 2.24) is 10.6 Å². The van der Waals surface area contributed by atoms with Crippen molar-refractivity contribution in [3.05, 3.63) is 33.8 Å². The summed E-state index contributed by atoms with van der Waals surface area (Å²) in [4.78, 5) is 23.2. The number of carbonyl (C=O) groups is 2. The van der Waals surface area contributed by atoms with E-state index in [9.17, 15) is 9.59 Å². The van der Waals surface area contributed by atoms with Crippen LogP contribution in [0, 0.1) is 5.92 Å². The van der Waals surface area contributed by atoms with E-state index in [1.165, 1.54) is 0 Å². The number of nitrogens with two attached hydrogens (primary N) is 1. The lowest BCUT2D eigenvalue weighted by Gasteiger charge is -2.22. The van der Waals surface area contributed by atoms with Crippen LogP contribution >= 0.6 is 23.2 Å². The zero-order valence-electron chi connectivity index (χ0n) is 12.7. The third-order valence-electron chi connectivity index (χ3n) is 3.50. The van der Waals surface area contributed by atoms with Gasteiger partial charge in [-0.3, -0.25) is 4.79 Å². The zero-order chi connectivity index (χ0) is 16.7. The Morgan fingerprint density at radius 3 is 2.55 bits per heavy atom. The van der Waals surface area contributed by atoms with Gasteiger partial charge in [0.05, 0.1) is 0 Å². The van der Waals surface area contributed by atoms with Crippen molar-refractivity contribution in [2.45, 2.75) is 32.7 Å². The van der Waals surface area contributed by atoms with Crippen molar-refractivity contribution in [3.8, 4) is 0 Å². The van der Waals surface area contributed by atoms with Gasteiger partial charge in [0.25, 0.3) is 0 Å². The number of nitrogens with one attached hydrogen (secondary N) is 2. The standard InChI is InChI=1S/C15H21Cl2N3O2/c1-3-9(2)13(20-15(18)22)14(21)19-7-6-10-4-5-11(16)8-12(10)17/h4-5,8-9,13H,3,6-7H2,1-2H3,(H,19,21)(H3,18,20,22)/t9-,13-/m1/s1. The molecule has 0 unspecified atom stereocenters. The smallest absolute Gasteiger partial charge is 0.312 e. The molecule has 0 bridgehead atoms. The largest absolute Gasteiger partial charge is 0.354 e. The first kappa shape index (κ1) is 18.6. The molecule has 5 nitrogen and oxygen atoms in total. The number of urea groups is 1. The predicted molar refractivity (Wildman–Crippen MR) is 89.1 cm³/mol. The molecule has 0 saturated heterocycles. The van der Waals surface area contributed by atoms with Crippen molar-refractivity contribution in [2.24, 2.45) is 11.7 Å². The molecule has 0 radical (unpaired) electrons. The number of hydrogen-bond donors (Lipinski definition) is 3. The van der Waals surface area contributed by atoms with E-state index in [1.54, 1.807) is 12.1 Å². The minimum atomic E-state index is -0.707. The first-order valence-electron chi connectivity index (χ1n) is 7.12. The van der Waals surface area contributed by atoms with Crippen LogP contribution in [0.25, 0.3) is 0 Å². The second-order valence-corrected chi connectivity index (χ2v) is 5.99. The second kappa shape index (κ2) is 8.86. The molecule has 22 heavy (non-hydrogen) atoms. The first-order chi connectivity index (χ1) is 10.3. The normalized spacial score (nSPS) is 13.3. The lowest BCUT2D eigenvalue weighted by molar-refractivity contribution is -0.124. The quantitative estimate of drug-likeness (QED) is 0.709. The van der Waals surface area contributed by atoms with Crippen LogP contribution in [0.1, 0.15) is 25.8 Å². The zero-order valence-corrected chi connectivity index (χ0v) is 14.2. The van der Waals surface area contributed by atoms with Crippen LogP contribution in [0.2, 0.25) is 10.0 Å². The van der Waals surface area contributed by atoms with Crippen molar-refractivity contribution < 1.29 is 9.59 Å². The molecule has 2 atom stereocenters. The van der Waals surface area contributed by atoms with Gasteiger partial charge in [-0.15, -0.1) is 0 Å². The van der Waals surface area contributed by atoms with E-state index in [0.717, 1.165) is 12.0 Å². The first-order valence-corrected chi connectivity index (χ1v) is 7.88. The summed E-state index contributed by atoms with van der Waals surface area (Å²) in [6.07, 6.45) is 1.33. The average Bonchev–Trinajstić information content (AvgIpc) is 2.45. The summed E-state index contributed by atoms with van der Waals surface area (Å²) in [6, 6.07) is 3.90.